The quantitative estimate of drug-likeness (QED) is 0.822. The molecule has 0 unspecified atom stereocenters. The summed E-state index contributed by atoms with van der Waals surface area (Å²) in [5.41, 5.74) is 9.18. The lowest BCUT2D eigenvalue weighted by Gasteiger charge is -2.08. The third-order valence-electron chi connectivity index (χ3n) is 2.98. The van der Waals surface area contributed by atoms with Gasteiger partial charge >= 0.3 is 0 Å². The number of anilines is 1. The van der Waals surface area contributed by atoms with Gasteiger partial charge in [0.2, 0.25) is 0 Å². The van der Waals surface area contributed by atoms with E-state index in [1.54, 1.807) is 17.8 Å². The predicted molar refractivity (Wildman–Crippen MR) is 83.0 cm³/mol. The molecule has 0 aliphatic rings. The summed E-state index contributed by atoms with van der Waals surface area (Å²) in [4.78, 5) is 12.3. The Morgan fingerprint density at radius 1 is 1.38 bits per heavy atom. The Hall–Kier alpha value is -2.58. The van der Waals surface area contributed by atoms with E-state index in [1.165, 1.54) is 0 Å². The van der Waals surface area contributed by atoms with E-state index in [2.05, 4.69) is 22.3 Å². The van der Waals surface area contributed by atoms with Crippen LogP contribution in [0, 0.1) is 25.7 Å². The maximum Gasteiger partial charge on any atom is 0.273 e. The molecular weight excluding hydrogens is 264 g/mol. The van der Waals surface area contributed by atoms with Crippen molar-refractivity contribution in [1.29, 1.82) is 0 Å². The van der Waals surface area contributed by atoms with Crippen molar-refractivity contribution in [2.75, 3.05) is 11.9 Å². The smallest absolute Gasteiger partial charge is 0.273 e. The summed E-state index contributed by atoms with van der Waals surface area (Å²) in [6.07, 6.45) is 0. The highest BCUT2D eigenvalue weighted by Gasteiger charge is 2.13. The van der Waals surface area contributed by atoms with Gasteiger partial charge in [-0.25, -0.2) is 0 Å². The Bertz CT molecular complexity index is 734. The highest BCUT2D eigenvalue weighted by Crippen LogP contribution is 2.18. The monoisotopic (exact) mass is 282 g/mol. The van der Waals surface area contributed by atoms with E-state index >= 15 is 0 Å². The number of carbonyl (C=O) groups excluding carboxylic acids is 1. The van der Waals surface area contributed by atoms with Gasteiger partial charge in [-0.05, 0) is 37.6 Å². The molecule has 1 heterocycles. The highest BCUT2D eigenvalue weighted by atomic mass is 16.2. The molecule has 5 heteroatoms. The maximum atomic E-state index is 12.3. The number of amides is 1. The summed E-state index contributed by atoms with van der Waals surface area (Å²) < 4.78 is 1.56. The average molecular weight is 282 g/mol. The Kier molecular flexibility index (Phi) is 4.41. The summed E-state index contributed by atoms with van der Waals surface area (Å²) in [6, 6.07) is 7.46. The molecule has 1 amide bonds. The second-order valence-electron chi connectivity index (χ2n) is 4.80. The molecule has 2 rings (SSSR count). The van der Waals surface area contributed by atoms with Gasteiger partial charge in [0, 0.05) is 12.6 Å². The van der Waals surface area contributed by atoms with Crippen molar-refractivity contribution in [2.24, 2.45) is 12.8 Å². The van der Waals surface area contributed by atoms with E-state index in [-0.39, 0.29) is 12.5 Å². The molecule has 0 saturated carbocycles. The minimum Gasteiger partial charge on any atom is -0.320 e. The molecule has 0 aliphatic carbocycles. The number of aryl methyl sites for hydroxylation is 3. The van der Waals surface area contributed by atoms with E-state index < -0.39 is 0 Å². The van der Waals surface area contributed by atoms with Crippen LogP contribution in [0.3, 0.4) is 0 Å². The SMILES string of the molecule is Cc1ccc(C#CCN)c(NC(=O)c2cc(C)nn2C)c1. The number of hydrogen-bond acceptors (Lipinski definition) is 3. The molecule has 0 saturated heterocycles. The van der Waals surface area contributed by atoms with Crippen molar-refractivity contribution >= 4 is 11.6 Å². The number of aromatic nitrogens is 2. The normalized spacial score (nSPS) is 9.90. The van der Waals surface area contributed by atoms with Crippen LogP contribution in [-0.2, 0) is 7.05 Å². The number of nitrogens with zero attached hydrogens (tertiary/aromatic N) is 2. The Morgan fingerprint density at radius 2 is 2.14 bits per heavy atom. The molecule has 5 nitrogen and oxygen atoms in total. The summed E-state index contributed by atoms with van der Waals surface area (Å²) >= 11 is 0. The third kappa shape index (κ3) is 3.50. The number of nitrogens with one attached hydrogen (secondary N) is 1. The fraction of sp³-hybridized carbons (Fsp3) is 0.250. The Balaban J connectivity index is 2.32. The fourth-order valence-electron chi connectivity index (χ4n) is 2.03. The van der Waals surface area contributed by atoms with Crippen LogP contribution in [0.4, 0.5) is 5.69 Å². The van der Waals surface area contributed by atoms with E-state index in [9.17, 15) is 4.79 Å². The Labute approximate surface area is 124 Å². The topological polar surface area (TPSA) is 72.9 Å². The van der Waals surface area contributed by atoms with Gasteiger partial charge in [0.15, 0.2) is 0 Å². The molecule has 1 aromatic heterocycles. The number of hydrogen-bond donors (Lipinski definition) is 2. The van der Waals surface area contributed by atoms with Crippen molar-refractivity contribution < 1.29 is 4.79 Å². The van der Waals surface area contributed by atoms with Gasteiger partial charge in [-0.1, -0.05) is 17.9 Å². The molecular formula is C16H18N4O. The summed E-state index contributed by atoms with van der Waals surface area (Å²) in [5, 5.41) is 7.06. The molecule has 3 N–H and O–H groups in total. The van der Waals surface area contributed by atoms with Crippen LogP contribution < -0.4 is 11.1 Å². The van der Waals surface area contributed by atoms with Gasteiger partial charge < -0.3 is 11.1 Å². The van der Waals surface area contributed by atoms with E-state index in [4.69, 9.17) is 5.73 Å². The number of rotatable bonds is 2. The summed E-state index contributed by atoms with van der Waals surface area (Å²) in [5.74, 6) is 5.56. The second kappa shape index (κ2) is 6.25. The zero-order valence-electron chi connectivity index (χ0n) is 12.4. The minimum atomic E-state index is -0.209. The molecule has 0 fully saturated rings. The van der Waals surface area contributed by atoms with Crippen LogP contribution in [0.5, 0.6) is 0 Å². The lowest BCUT2D eigenvalue weighted by atomic mass is 10.1. The van der Waals surface area contributed by atoms with Gasteiger partial charge in [0.05, 0.1) is 17.9 Å². The first-order valence-corrected chi connectivity index (χ1v) is 6.63. The number of benzene rings is 1. The first-order valence-electron chi connectivity index (χ1n) is 6.63. The van der Waals surface area contributed by atoms with Crippen LogP contribution in [-0.4, -0.2) is 22.2 Å². The zero-order valence-corrected chi connectivity index (χ0v) is 12.4. The van der Waals surface area contributed by atoms with Gasteiger partial charge in [-0.2, -0.15) is 5.10 Å². The minimum absolute atomic E-state index is 0.209. The molecule has 0 spiro atoms. The van der Waals surface area contributed by atoms with Crippen molar-refractivity contribution in [2.45, 2.75) is 13.8 Å². The molecule has 0 aliphatic heterocycles. The van der Waals surface area contributed by atoms with Crippen LogP contribution in [0.15, 0.2) is 24.3 Å². The van der Waals surface area contributed by atoms with Gasteiger partial charge in [0.25, 0.3) is 5.91 Å². The largest absolute Gasteiger partial charge is 0.320 e. The molecule has 0 radical (unpaired) electrons. The van der Waals surface area contributed by atoms with Crippen LogP contribution >= 0.6 is 0 Å². The molecule has 1 aromatic carbocycles. The summed E-state index contributed by atoms with van der Waals surface area (Å²) in [7, 11) is 1.74. The van der Waals surface area contributed by atoms with Gasteiger partial charge in [0.1, 0.15) is 5.69 Å². The lowest BCUT2D eigenvalue weighted by molar-refractivity contribution is 0.101. The van der Waals surface area contributed by atoms with E-state index in [0.29, 0.717) is 11.4 Å². The van der Waals surface area contributed by atoms with Crippen molar-refractivity contribution in [3.8, 4) is 11.8 Å². The first-order chi connectivity index (χ1) is 10.0. The average Bonchev–Trinajstić information content (AvgIpc) is 2.77. The van der Waals surface area contributed by atoms with Gasteiger partial charge in [-0.15, -0.1) is 0 Å². The second-order valence-corrected chi connectivity index (χ2v) is 4.80. The van der Waals surface area contributed by atoms with Crippen LogP contribution in [0.25, 0.3) is 0 Å². The first kappa shape index (κ1) is 14.8. The molecule has 2 aromatic rings. The highest BCUT2D eigenvalue weighted by molar-refractivity contribution is 6.03. The number of nitrogens with two attached hydrogens (primary N) is 1. The van der Waals surface area contributed by atoms with E-state index in [1.807, 2.05) is 32.0 Å². The van der Waals surface area contributed by atoms with Crippen LogP contribution in [0.1, 0.15) is 27.3 Å². The van der Waals surface area contributed by atoms with Gasteiger partial charge in [-0.3, -0.25) is 9.48 Å². The third-order valence-corrected chi connectivity index (χ3v) is 2.98. The fourth-order valence-corrected chi connectivity index (χ4v) is 2.03. The van der Waals surface area contributed by atoms with E-state index in [0.717, 1.165) is 16.8 Å². The maximum absolute atomic E-state index is 12.3. The summed E-state index contributed by atoms with van der Waals surface area (Å²) in [6.45, 7) is 4.09. The number of carbonyl (C=O) groups is 1. The predicted octanol–water partition coefficient (Wildman–Crippen LogP) is 1.60. The van der Waals surface area contributed by atoms with Crippen molar-refractivity contribution in [1.82, 2.24) is 9.78 Å². The lowest BCUT2D eigenvalue weighted by Crippen LogP contribution is -2.16. The van der Waals surface area contributed by atoms with Crippen LogP contribution in [0.2, 0.25) is 0 Å². The van der Waals surface area contributed by atoms with Crippen molar-refractivity contribution in [3.63, 3.8) is 0 Å². The Morgan fingerprint density at radius 3 is 2.76 bits per heavy atom. The van der Waals surface area contributed by atoms with Crippen molar-refractivity contribution in [3.05, 3.63) is 46.8 Å². The molecule has 0 bridgehead atoms. The molecule has 0 atom stereocenters. The molecule has 108 valence electrons. The standard InChI is InChI=1S/C16H18N4O/c1-11-6-7-13(5-4-8-17)14(9-11)18-16(21)15-10-12(2)19-20(15)3/h6-7,9-10H,8,17H2,1-3H3,(H,18,21). The zero-order chi connectivity index (χ0) is 15.4. The molecule has 21 heavy (non-hydrogen) atoms.